The van der Waals surface area contributed by atoms with Crippen molar-refractivity contribution in [3.63, 3.8) is 0 Å². The molecule has 2 atom stereocenters. The number of nitrogens with zero attached hydrogens (tertiary/aromatic N) is 2. The Bertz CT molecular complexity index is 210. The van der Waals surface area contributed by atoms with E-state index in [0.29, 0.717) is 12.0 Å². The molecule has 1 aromatic rings. The lowest BCUT2D eigenvalue weighted by atomic mass is 10.1. The maximum Gasteiger partial charge on any atom is 0.129 e. The Balaban J connectivity index is 2.53. The number of hydrogen-bond acceptors (Lipinski definition) is 4. The maximum absolute atomic E-state index is 4.19. The van der Waals surface area contributed by atoms with Crippen LogP contribution < -0.4 is 5.32 Å². The van der Waals surface area contributed by atoms with E-state index in [4.69, 9.17) is 0 Å². The van der Waals surface area contributed by atoms with Crippen LogP contribution in [0.3, 0.4) is 0 Å². The molecule has 0 fully saturated rings. The van der Waals surface area contributed by atoms with Gasteiger partial charge in [-0.1, -0.05) is 13.8 Å². The van der Waals surface area contributed by atoms with E-state index in [9.17, 15) is 0 Å². The second-order valence-corrected chi connectivity index (χ2v) is 3.73. The molecular formula is C8H15N3S. The van der Waals surface area contributed by atoms with Gasteiger partial charge in [-0.15, -0.1) is 0 Å². The van der Waals surface area contributed by atoms with Crippen LogP contribution in [-0.2, 0) is 0 Å². The Morgan fingerprint density at radius 2 is 2.33 bits per heavy atom. The number of aromatic nitrogens is 2. The molecule has 0 aliphatic rings. The van der Waals surface area contributed by atoms with Crippen LogP contribution in [0.5, 0.6) is 0 Å². The smallest absolute Gasteiger partial charge is 0.129 e. The van der Waals surface area contributed by atoms with E-state index < -0.39 is 0 Å². The van der Waals surface area contributed by atoms with E-state index in [1.54, 1.807) is 6.33 Å². The topological polar surface area (TPSA) is 37.8 Å². The quantitative estimate of drug-likeness (QED) is 0.775. The number of rotatable bonds is 4. The Hall–Kier alpha value is -0.480. The SMILES string of the molecule is CCNC(C)C(C)c1ncns1. The van der Waals surface area contributed by atoms with E-state index >= 15 is 0 Å². The van der Waals surface area contributed by atoms with Crippen molar-refractivity contribution in [2.24, 2.45) is 0 Å². The molecule has 0 saturated carbocycles. The fourth-order valence-electron chi connectivity index (χ4n) is 1.09. The molecule has 68 valence electrons. The highest BCUT2D eigenvalue weighted by Gasteiger charge is 2.15. The van der Waals surface area contributed by atoms with E-state index in [-0.39, 0.29) is 0 Å². The standard InChI is InChI=1S/C8H15N3S/c1-4-9-7(3)6(2)8-10-5-11-12-8/h5-7,9H,4H2,1-3H3. The van der Waals surface area contributed by atoms with Crippen LogP contribution in [0.25, 0.3) is 0 Å². The van der Waals surface area contributed by atoms with Crippen molar-refractivity contribution in [1.82, 2.24) is 14.7 Å². The summed E-state index contributed by atoms with van der Waals surface area (Å²) in [6.45, 7) is 7.47. The van der Waals surface area contributed by atoms with Crippen LogP contribution in [0.1, 0.15) is 31.7 Å². The fourth-order valence-corrected chi connectivity index (χ4v) is 1.76. The van der Waals surface area contributed by atoms with Crippen molar-refractivity contribution >= 4 is 11.5 Å². The maximum atomic E-state index is 4.19. The van der Waals surface area contributed by atoms with Crippen LogP contribution in [0.4, 0.5) is 0 Å². The van der Waals surface area contributed by atoms with Crippen molar-refractivity contribution in [1.29, 1.82) is 0 Å². The molecule has 0 bridgehead atoms. The molecule has 1 rings (SSSR count). The van der Waals surface area contributed by atoms with E-state index in [0.717, 1.165) is 11.6 Å². The van der Waals surface area contributed by atoms with E-state index in [1.807, 2.05) is 0 Å². The Kier molecular flexibility index (Phi) is 3.62. The first kappa shape index (κ1) is 9.61. The molecule has 4 heteroatoms. The molecule has 1 heterocycles. The van der Waals surface area contributed by atoms with Crippen LogP contribution in [-0.4, -0.2) is 21.9 Å². The Labute approximate surface area is 77.4 Å². The van der Waals surface area contributed by atoms with Gasteiger partial charge in [-0.25, -0.2) is 4.98 Å². The van der Waals surface area contributed by atoms with Gasteiger partial charge in [-0.3, -0.25) is 0 Å². The van der Waals surface area contributed by atoms with Gasteiger partial charge in [0.15, 0.2) is 0 Å². The monoisotopic (exact) mass is 185 g/mol. The summed E-state index contributed by atoms with van der Waals surface area (Å²) in [6, 6.07) is 0.475. The highest BCUT2D eigenvalue weighted by molar-refractivity contribution is 7.05. The zero-order chi connectivity index (χ0) is 8.97. The van der Waals surface area contributed by atoms with Crippen molar-refractivity contribution in [2.75, 3.05) is 6.54 Å². The minimum absolute atomic E-state index is 0.456. The first-order chi connectivity index (χ1) is 5.75. The van der Waals surface area contributed by atoms with Gasteiger partial charge in [0.1, 0.15) is 11.3 Å². The Morgan fingerprint density at radius 3 is 2.83 bits per heavy atom. The summed E-state index contributed by atoms with van der Waals surface area (Å²) in [5.41, 5.74) is 0. The molecule has 2 unspecified atom stereocenters. The zero-order valence-electron chi connectivity index (χ0n) is 7.74. The summed E-state index contributed by atoms with van der Waals surface area (Å²) in [7, 11) is 0. The third-order valence-electron chi connectivity index (χ3n) is 2.04. The second kappa shape index (κ2) is 4.52. The van der Waals surface area contributed by atoms with Crippen LogP contribution in [0.15, 0.2) is 6.33 Å². The highest BCUT2D eigenvalue weighted by Crippen LogP contribution is 2.18. The molecule has 0 aliphatic heterocycles. The molecule has 0 aromatic carbocycles. The molecule has 0 spiro atoms. The van der Waals surface area contributed by atoms with Gasteiger partial charge in [-0.2, -0.15) is 4.37 Å². The first-order valence-electron chi connectivity index (χ1n) is 4.25. The highest BCUT2D eigenvalue weighted by atomic mass is 32.1. The predicted molar refractivity (Wildman–Crippen MR) is 51.5 cm³/mol. The summed E-state index contributed by atoms with van der Waals surface area (Å²) < 4.78 is 3.99. The van der Waals surface area contributed by atoms with Crippen LogP contribution in [0, 0.1) is 0 Å². The van der Waals surface area contributed by atoms with Gasteiger partial charge in [-0.05, 0) is 25.0 Å². The molecular weight excluding hydrogens is 170 g/mol. The molecule has 0 amide bonds. The first-order valence-corrected chi connectivity index (χ1v) is 5.03. The zero-order valence-corrected chi connectivity index (χ0v) is 8.56. The predicted octanol–water partition coefficient (Wildman–Crippen LogP) is 1.64. The molecule has 1 aromatic heterocycles. The minimum Gasteiger partial charge on any atom is -0.314 e. The third kappa shape index (κ3) is 2.25. The number of likely N-dealkylation sites (N-methyl/N-ethyl adjacent to an activating group) is 1. The normalized spacial score (nSPS) is 15.9. The average Bonchev–Trinajstić information content (AvgIpc) is 2.55. The summed E-state index contributed by atoms with van der Waals surface area (Å²) >= 11 is 1.48. The second-order valence-electron chi connectivity index (χ2n) is 2.91. The van der Waals surface area contributed by atoms with Gasteiger partial charge < -0.3 is 5.32 Å². The van der Waals surface area contributed by atoms with Crippen molar-refractivity contribution in [3.05, 3.63) is 11.3 Å². The van der Waals surface area contributed by atoms with E-state index in [2.05, 4.69) is 35.4 Å². The molecule has 0 radical (unpaired) electrons. The summed E-state index contributed by atoms with van der Waals surface area (Å²) in [5, 5.41) is 4.49. The van der Waals surface area contributed by atoms with Gasteiger partial charge in [0.25, 0.3) is 0 Å². The lowest BCUT2D eigenvalue weighted by Crippen LogP contribution is -2.30. The summed E-state index contributed by atoms with van der Waals surface area (Å²) in [4.78, 5) is 4.19. The largest absolute Gasteiger partial charge is 0.314 e. The number of nitrogens with one attached hydrogen (secondary N) is 1. The van der Waals surface area contributed by atoms with E-state index in [1.165, 1.54) is 11.5 Å². The molecule has 1 N–H and O–H groups in total. The number of hydrogen-bond donors (Lipinski definition) is 1. The van der Waals surface area contributed by atoms with Crippen LogP contribution >= 0.6 is 11.5 Å². The molecule has 0 saturated heterocycles. The Morgan fingerprint density at radius 1 is 1.58 bits per heavy atom. The fraction of sp³-hybridized carbons (Fsp3) is 0.750. The molecule has 12 heavy (non-hydrogen) atoms. The summed E-state index contributed by atoms with van der Waals surface area (Å²) in [6.07, 6.45) is 1.62. The van der Waals surface area contributed by atoms with Gasteiger partial charge >= 0.3 is 0 Å². The van der Waals surface area contributed by atoms with Gasteiger partial charge in [0.05, 0.1) is 0 Å². The van der Waals surface area contributed by atoms with Crippen molar-refractivity contribution in [3.8, 4) is 0 Å². The minimum atomic E-state index is 0.456. The van der Waals surface area contributed by atoms with Crippen molar-refractivity contribution in [2.45, 2.75) is 32.7 Å². The van der Waals surface area contributed by atoms with Gasteiger partial charge in [0, 0.05) is 12.0 Å². The van der Waals surface area contributed by atoms with Crippen LogP contribution in [0.2, 0.25) is 0 Å². The third-order valence-corrected chi connectivity index (χ3v) is 2.91. The lowest BCUT2D eigenvalue weighted by molar-refractivity contribution is 0.493. The molecule has 3 nitrogen and oxygen atoms in total. The average molecular weight is 185 g/mol. The molecule has 0 aliphatic carbocycles. The summed E-state index contributed by atoms with van der Waals surface area (Å²) in [5.74, 6) is 0.456. The van der Waals surface area contributed by atoms with Crippen molar-refractivity contribution < 1.29 is 0 Å². The lowest BCUT2D eigenvalue weighted by Gasteiger charge is -2.17. The van der Waals surface area contributed by atoms with Gasteiger partial charge in [0.2, 0.25) is 0 Å².